The summed E-state index contributed by atoms with van der Waals surface area (Å²) in [6.45, 7) is 1.88. The molecule has 1 aliphatic rings. The van der Waals surface area contributed by atoms with E-state index in [9.17, 15) is 13.2 Å². The molecule has 0 aromatic heterocycles. The van der Waals surface area contributed by atoms with Gasteiger partial charge in [0.15, 0.2) is 0 Å². The number of hydrogen-bond donors (Lipinski definition) is 1. The van der Waals surface area contributed by atoms with Crippen LogP contribution in [0, 0.1) is 0 Å². The summed E-state index contributed by atoms with van der Waals surface area (Å²) >= 11 is 1.48. The molecular formula is C20H24N2O4S2. The highest BCUT2D eigenvalue weighted by Crippen LogP contribution is 2.22. The van der Waals surface area contributed by atoms with Crippen LogP contribution in [0.2, 0.25) is 0 Å². The Morgan fingerprint density at radius 2 is 1.71 bits per heavy atom. The zero-order valence-corrected chi connectivity index (χ0v) is 17.2. The Kier molecular flexibility index (Phi) is 7.36. The van der Waals surface area contributed by atoms with Gasteiger partial charge in [-0.15, -0.1) is 11.8 Å². The monoisotopic (exact) mass is 420 g/mol. The average molecular weight is 421 g/mol. The lowest BCUT2D eigenvalue weighted by Crippen LogP contribution is -2.29. The summed E-state index contributed by atoms with van der Waals surface area (Å²) in [6, 6.07) is 16.2. The number of ether oxygens (including phenoxy) is 1. The molecule has 150 valence electrons. The van der Waals surface area contributed by atoms with E-state index in [-0.39, 0.29) is 10.8 Å². The van der Waals surface area contributed by atoms with Gasteiger partial charge < -0.3 is 10.1 Å². The van der Waals surface area contributed by atoms with Gasteiger partial charge in [-0.05, 0) is 49.2 Å². The minimum atomic E-state index is -3.40. The number of nitrogens with zero attached hydrogens (tertiary/aromatic N) is 1. The summed E-state index contributed by atoms with van der Waals surface area (Å²) in [5, 5.41) is 2.81. The summed E-state index contributed by atoms with van der Waals surface area (Å²) in [7, 11) is -3.40. The smallest absolute Gasteiger partial charge is 0.243 e. The highest BCUT2D eigenvalue weighted by atomic mass is 32.2. The van der Waals surface area contributed by atoms with Gasteiger partial charge >= 0.3 is 0 Å². The molecule has 0 saturated carbocycles. The molecule has 1 heterocycles. The van der Waals surface area contributed by atoms with E-state index >= 15 is 0 Å². The van der Waals surface area contributed by atoms with Crippen molar-refractivity contribution in [2.75, 3.05) is 32.0 Å². The fraction of sp³-hybridized carbons (Fsp3) is 0.350. The van der Waals surface area contributed by atoms with Gasteiger partial charge in [0.1, 0.15) is 12.4 Å². The van der Waals surface area contributed by atoms with E-state index in [4.69, 9.17) is 4.74 Å². The third-order valence-electron chi connectivity index (χ3n) is 4.33. The van der Waals surface area contributed by atoms with Crippen molar-refractivity contribution in [2.24, 2.45) is 0 Å². The van der Waals surface area contributed by atoms with Gasteiger partial charge in [0.2, 0.25) is 15.9 Å². The van der Waals surface area contributed by atoms with Crippen LogP contribution in [0.15, 0.2) is 64.4 Å². The first-order valence-electron chi connectivity index (χ1n) is 9.23. The Labute approximate surface area is 170 Å². The highest BCUT2D eigenvalue weighted by Gasteiger charge is 2.26. The maximum absolute atomic E-state index is 12.5. The second-order valence-electron chi connectivity index (χ2n) is 6.38. The lowest BCUT2D eigenvalue weighted by atomic mass is 10.3. The van der Waals surface area contributed by atoms with Gasteiger partial charge in [0.25, 0.3) is 0 Å². The third kappa shape index (κ3) is 5.73. The molecule has 3 rings (SSSR count). The lowest BCUT2D eigenvalue weighted by molar-refractivity contribution is -0.118. The van der Waals surface area contributed by atoms with Crippen molar-refractivity contribution in [2.45, 2.75) is 22.6 Å². The third-order valence-corrected chi connectivity index (χ3v) is 7.26. The molecule has 0 unspecified atom stereocenters. The molecule has 8 heteroatoms. The van der Waals surface area contributed by atoms with E-state index < -0.39 is 10.0 Å². The maximum Gasteiger partial charge on any atom is 0.243 e. The molecule has 1 saturated heterocycles. The van der Waals surface area contributed by atoms with Crippen LogP contribution in [0.25, 0.3) is 0 Å². The molecule has 0 spiro atoms. The second kappa shape index (κ2) is 9.95. The van der Waals surface area contributed by atoms with Gasteiger partial charge in [0, 0.05) is 18.0 Å². The van der Waals surface area contributed by atoms with Gasteiger partial charge in [-0.2, -0.15) is 4.31 Å². The number of carbonyl (C=O) groups is 1. The predicted octanol–water partition coefficient (Wildman–Crippen LogP) is 2.76. The predicted molar refractivity (Wildman–Crippen MR) is 110 cm³/mol. The quantitative estimate of drug-likeness (QED) is 0.499. The van der Waals surface area contributed by atoms with Crippen LogP contribution in [0.5, 0.6) is 5.75 Å². The first-order chi connectivity index (χ1) is 13.6. The van der Waals surface area contributed by atoms with E-state index in [1.54, 1.807) is 24.3 Å². The summed E-state index contributed by atoms with van der Waals surface area (Å²) in [4.78, 5) is 13.2. The van der Waals surface area contributed by atoms with Gasteiger partial charge in [-0.25, -0.2) is 8.42 Å². The van der Waals surface area contributed by atoms with Crippen LogP contribution in [0.1, 0.15) is 12.8 Å². The molecule has 0 atom stereocenters. The van der Waals surface area contributed by atoms with E-state index in [1.807, 2.05) is 30.3 Å². The first kappa shape index (κ1) is 20.7. The number of carbonyl (C=O) groups excluding carboxylic acids is 1. The fourth-order valence-corrected chi connectivity index (χ4v) is 5.13. The van der Waals surface area contributed by atoms with Crippen molar-refractivity contribution in [1.82, 2.24) is 9.62 Å². The summed E-state index contributed by atoms with van der Waals surface area (Å²) < 4.78 is 32.1. The Morgan fingerprint density at radius 3 is 2.39 bits per heavy atom. The summed E-state index contributed by atoms with van der Waals surface area (Å²) in [5.74, 6) is 0.880. The largest absolute Gasteiger partial charge is 0.492 e. The maximum atomic E-state index is 12.5. The molecule has 1 N–H and O–H groups in total. The lowest BCUT2D eigenvalue weighted by Gasteiger charge is -2.15. The van der Waals surface area contributed by atoms with E-state index in [0.717, 1.165) is 17.7 Å². The Hall–Kier alpha value is -2.03. The number of thioether (sulfide) groups is 1. The average Bonchev–Trinajstić information content (AvgIpc) is 3.27. The molecule has 0 aliphatic carbocycles. The van der Waals surface area contributed by atoms with Gasteiger partial charge in [-0.1, -0.05) is 18.2 Å². The van der Waals surface area contributed by atoms with Crippen molar-refractivity contribution in [3.05, 3.63) is 54.6 Å². The van der Waals surface area contributed by atoms with Gasteiger partial charge in [0.05, 0.1) is 17.2 Å². The van der Waals surface area contributed by atoms with Crippen LogP contribution in [-0.2, 0) is 14.8 Å². The number of benzene rings is 2. The number of rotatable bonds is 9. The molecule has 1 amide bonds. The summed E-state index contributed by atoms with van der Waals surface area (Å²) in [6.07, 6.45) is 1.83. The molecule has 1 fully saturated rings. The van der Waals surface area contributed by atoms with E-state index in [1.165, 1.54) is 16.1 Å². The molecule has 2 aromatic rings. The van der Waals surface area contributed by atoms with Crippen LogP contribution in [0.4, 0.5) is 0 Å². The molecule has 6 nitrogen and oxygen atoms in total. The normalized spacial score (nSPS) is 14.7. The van der Waals surface area contributed by atoms with Crippen molar-refractivity contribution < 1.29 is 17.9 Å². The fourth-order valence-electron chi connectivity index (χ4n) is 2.86. The molecular weight excluding hydrogens is 396 g/mol. The Balaban J connectivity index is 1.38. The van der Waals surface area contributed by atoms with Crippen molar-refractivity contribution in [3.8, 4) is 5.75 Å². The SMILES string of the molecule is O=C(CSc1ccccc1)NCCOc1ccc(S(=O)(=O)N2CCCC2)cc1. The van der Waals surface area contributed by atoms with Crippen molar-refractivity contribution >= 4 is 27.7 Å². The van der Waals surface area contributed by atoms with Crippen molar-refractivity contribution in [3.63, 3.8) is 0 Å². The number of nitrogens with one attached hydrogen (secondary N) is 1. The zero-order valence-electron chi connectivity index (χ0n) is 15.5. The van der Waals surface area contributed by atoms with Crippen molar-refractivity contribution in [1.29, 1.82) is 0 Å². The zero-order chi connectivity index (χ0) is 19.8. The standard InChI is InChI=1S/C20H24N2O4S2/c23-20(16-27-18-6-2-1-3-7-18)21-12-15-26-17-8-10-19(11-9-17)28(24,25)22-13-4-5-14-22/h1-3,6-11H,4-5,12-16H2,(H,21,23). The number of sulfonamides is 1. The van der Waals surface area contributed by atoms with Crippen LogP contribution in [-0.4, -0.2) is 50.6 Å². The Morgan fingerprint density at radius 1 is 1.04 bits per heavy atom. The minimum Gasteiger partial charge on any atom is -0.492 e. The molecule has 2 aromatic carbocycles. The van der Waals surface area contributed by atoms with Gasteiger partial charge in [-0.3, -0.25) is 4.79 Å². The number of amides is 1. The molecule has 28 heavy (non-hydrogen) atoms. The van der Waals surface area contributed by atoms with Crippen LogP contribution < -0.4 is 10.1 Å². The molecule has 0 radical (unpaired) electrons. The molecule has 1 aliphatic heterocycles. The van der Waals surface area contributed by atoms with E-state index in [0.29, 0.717) is 37.7 Å². The van der Waals surface area contributed by atoms with Crippen LogP contribution in [0.3, 0.4) is 0 Å². The van der Waals surface area contributed by atoms with E-state index in [2.05, 4.69) is 5.32 Å². The summed E-state index contributed by atoms with van der Waals surface area (Å²) in [5.41, 5.74) is 0. The molecule has 0 bridgehead atoms. The van der Waals surface area contributed by atoms with Crippen LogP contribution >= 0.6 is 11.8 Å². The number of hydrogen-bond acceptors (Lipinski definition) is 5. The topological polar surface area (TPSA) is 75.7 Å². The Bertz CT molecular complexity index is 865. The highest BCUT2D eigenvalue weighted by molar-refractivity contribution is 8.00. The first-order valence-corrected chi connectivity index (χ1v) is 11.7. The second-order valence-corrected chi connectivity index (χ2v) is 9.37. The minimum absolute atomic E-state index is 0.0514.